The first kappa shape index (κ1) is 21.1. The fourth-order valence-corrected chi connectivity index (χ4v) is 4.26. The van der Waals surface area contributed by atoms with Crippen molar-refractivity contribution in [2.45, 2.75) is 38.6 Å². The highest BCUT2D eigenvalue weighted by atomic mass is 16.5. The second-order valence-electron chi connectivity index (χ2n) is 8.02. The molecular weight excluding hydrogens is 352 g/mol. The van der Waals surface area contributed by atoms with E-state index in [0.717, 1.165) is 51.6 Å². The molecule has 2 aliphatic heterocycles. The van der Waals surface area contributed by atoms with Gasteiger partial charge in [-0.2, -0.15) is 0 Å². The summed E-state index contributed by atoms with van der Waals surface area (Å²) in [5, 5.41) is 16.4. The summed E-state index contributed by atoms with van der Waals surface area (Å²) in [5.41, 5.74) is 1.33. The molecule has 3 rings (SSSR count). The average Bonchev–Trinajstić information content (AvgIpc) is 3.40. The van der Waals surface area contributed by atoms with Crippen LogP contribution in [-0.4, -0.2) is 68.5 Å². The third-order valence-corrected chi connectivity index (χ3v) is 5.97. The Labute approximate surface area is 169 Å². The molecule has 0 bridgehead atoms. The number of benzene rings is 1. The Bertz CT molecular complexity index is 596. The van der Waals surface area contributed by atoms with Crippen molar-refractivity contribution in [3.8, 4) is 0 Å². The molecular formula is C22H36N4O2. The molecule has 2 saturated heterocycles. The normalized spacial score (nSPS) is 24.4. The van der Waals surface area contributed by atoms with E-state index < -0.39 is 0 Å². The summed E-state index contributed by atoms with van der Waals surface area (Å²) in [6.07, 6.45) is 4.27. The number of hydrogen-bond acceptors (Lipinski definition) is 4. The molecule has 0 saturated carbocycles. The molecule has 0 aliphatic carbocycles. The standard InChI is InChI=1S/C22H36N4O2/c1-2-23-21(25-17-22(10-14-27)11-15-28-18-22)24-16-20(26-12-6-7-13-26)19-8-4-3-5-9-19/h3-5,8-9,20,27H,2,6-7,10-18H2,1H3,(H2,23,24,25). The molecule has 6 heteroatoms. The van der Waals surface area contributed by atoms with Crippen LogP contribution in [0.25, 0.3) is 0 Å². The Morgan fingerprint density at radius 2 is 2.04 bits per heavy atom. The first-order valence-electron chi connectivity index (χ1n) is 10.8. The molecule has 1 aromatic carbocycles. The van der Waals surface area contributed by atoms with Crippen LogP contribution in [0.2, 0.25) is 0 Å². The number of aliphatic hydroxyl groups is 1. The lowest BCUT2D eigenvalue weighted by Gasteiger charge is -2.29. The molecule has 0 spiro atoms. The Kier molecular flexibility index (Phi) is 8.13. The third kappa shape index (κ3) is 5.69. The zero-order valence-electron chi connectivity index (χ0n) is 17.2. The fourth-order valence-electron chi connectivity index (χ4n) is 4.26. The van der Waals surface area contributed by atoms with Crippen LogP contribution < -0.4 is 10.6 Å². The van der Waals surface area contributed by atoms with E-state index in [1.807, 2.05) is 0 Å². The van der Waals surface area contributed by atoms with Crippen molar-refractivity contribution < 1.29 is 9.84 Å². The molecule has 0 aromatic heterocycles. The summed E-state index contributed by atoms with van der Waals surface area (Å²) >= 11 is 0. The fraction of sp³-hybridized carbons (Fsp3) is 0.682. The summed E-state index contributed by atoms with van der Waals surface area (Å²) in [6.45, 7) is 8.40. The van der Waals surface area contributed by atoms with Gasteiger partial charge in [-0.1, -0.05) is 30.3 Å². The summed E-state index contributed by atoms with van der Waals surface area (Å²) in [6, 6.07) is 11.1. The summed E-state index contributed by atoms with van der Waals surface area (Å²) < 4.78 is 5.60. The number of nitrogens with one attached hydrogen (secondary N) is 2. The minimum absolute atomic E-state index is 0.0229. The van der Waals surface area contributed by atoms with Gasteiger partial charge >= 0.3 is 0 Å². The van der Waals surface area contributed by atoms with E-state index in [-0.39, 0.29) is 12.0 Å². The molecule has 1 aromatic rings. The molecule has 28 heavy (non-hydrogen) atoms. The van der Waals surface area contributed by atoms with E-state index >= 15 is 0 Å². The van der Waals surface area contributed by atoms with Crippen LogP contribution >= 0.6 is 0 Å². The second-order valence-corrected chi connectivity index (χ2v) is 8.02. The number of guanidine groups is 1. The quantitative estimate of drug-likeness (QED) is 0.447. The first-order chi connectivity index (χ1) is 13.8. The molecule has 3 N–H and O–H groups in total. The van der Waals surface area contributed by atoms with Gasteiger partial charge < -0.3 is 20.5 Å². The maximum absolute atomic E-state index is 9.44. The smallest absolute Gasteiger partial charge is 0.191 e. The predicted molar refractivity (Wildman–Crippen MR) is 114 cm³/mol. The highest BCUT2D eigenvalue weighted by Crippen LogP contribution is 2.32. The van der Waals surface area contributed by atoms with Crippen molar-refractivity contribution >= 4 is 5.96 Å². The Balaban J connectivity index is 1.66. The number of ether oxygens (including phenoxy) is 1. The van der Waals surface area contributed by atoms with E-state index in [9.17, 15) is 5.11 Å². The molecule has 6 nitrogen and oxygen atoms in total. The minimum Gasteiger partial charge on any atom is -0.396 e. The van der Waals surface area contributed by atoms with Gasteiger partial charge in [0.05, 0.1) is 19.2 Å². The topological polar surface area (TPSA) is 69.1 Å². The van der Waals surface area contributed by atoms with Gasteiger partial charge in [0.1, 0.15) is 0 Å². The number of rotatable bonds is 9. The lowest BCUT2D eigenvalue weighted by molar-refractivity contribution is 0.131. The van der Waals surface area contributed by atoms with Gasteiger partial charge in [-0.3, -0.25) is 9.89 Å². The van der Waals surface area contributed by atoms with Gasteiger partial charge in [-0.05, 0) is 51.3 Å². The number of likely N-dealkylation sites (tertiary alicyclic amines) is 1. The van der Waals surface area contributed by atoms with Crippen molar-refractivity contribution in [1.29, 1.82) is 0 Å². The Morgan fingerprint density at radius 3 is 2.68 bits per heavy atom. The number of hydrogen-bond donors (Lipinski definition) is 3. The lowest BCUT2D eigenvalue weighted by atomic mass is 9.84. The number of aliphatic hydroxyl groups excluding tert-OH is 1. The van der Waals surface area contributed by atoms with Crippen molar-refractivity contribution in [2.24, 2.45) is 10.4 Å². The largest absolute Gasteiger partial charge is 0.396 e. The Hall–Kier alpha value is -1.63. The predicted octanol–water partition coefficient (Wildman–Crippen LogP) is 2.17. The van der Waals surface area contributed by atoms with Crippen molar-refractivity contribution in [2.75, 3.05) is 52.5 Å². The SMILES string of the molecule is CCNC(=NCC1(CCO)CCOC1)NCC(c1ccccc1)N1CCCC1. The molecule has 2 aliphatic rings. The van der Waals surface area contributed by atoms with Crippen molar-refractivity contribution in [3.63, 3.8) is 0 Å². The highest BCUT2D eigenvalue weighted by Gasteiger charge is 2.34. The monoisotopic (exact) mass is 388 g/mol. The van der Waals surface area contributed by atoms with E-state index in [1.54, 1.807) is 0 Å². The van der Waals surface area contributed by atoms with Crippen LogP contribution in [0.5, 0.6) is 0 Å². The van der Waals surface area contributed by atoms with Gasteiger partial charge in [0.2, 0.25) is 0 Å². The van der Waals surface area contributed by atoms with Crippen LogP contribution in [0.15, 0.2) is 35.3 Å². The summed E-state index contributed by atoms with van der Waals surface area (Å²) in [4.78, 5) is 7.44. The van der Waals surface area contributed by atoms with Crippen LogP contribution in [0.4, 0.5) is 0 Å². The summed E-state index contributed by atoms with van der Waals surface area (Å²) in [5.74, 6) is 0.854. The van der Waals surface area contributed by atoms with E-state index in [2.05, 4.69) is 52.8 Å². The molecule has 156 valence electrons. The van der Waals surface area contributed by atoms with Gasteiger partial charge in [0.25, 0.3) is 0 Å². The molecule has 2 heterocycles. The minimum atomic E-state index is -0.0229. The maximum atomic E-state index is 9.44. The van der Waals surface area contributed by atoms with Crippen LogP contribution in [0.1, 0.15) is 44.2 Å². The van der Waals surface area contributed by atoms with Crippen molar-refractivity contribution in [3.05, 3.63) is 35.9 Å². The van der Waals surface area contributed by atoms with Gasteiger partial charge in [0, 0.05) is 31.7 Å². The highest BCUT2D eigenvalue weighted by molar-refractivity contribution is 5.79. The van der Waals surface area contributed by atoms with Crippen molar-refractivity contribution in [1.82, 2.24) is 15.5 Å². The molecule has 2 fully saturated rings. The van der Waals surface area contributed by atoms with E-state index in [4.69, 9.17) is 9.73 Å². The molecule has 2 atom stereocenters. The van der Waals surface area contributed by atoms with Crippen LogP contribution in [-0.2, 0) is 4.74 Å². The van der Waals surface area contributed by atoms with Gasteiger partial charge in [-0.15, -0.1) is 0 Å². The first-order valence-corrected chi connectivity index (χ1v) is 10.8. The average molecular weight is 389 g/mol. The van der Waals surface area contributed by atoms with Crippen LogP contribution in [0.3, 0.4) is 0 Å². The van der Waals surface area contributed by atoms with Crippen LogP contribution in [0, 0.1) is 5.41 Å². The number of aliphatic imine (C=N–C) groups is 1. The van der Waals surface area contributed by atoms with Gasteiger partial charge in [0.15, 0.2) is 5.96 Å². The summed E-state index contributed by atoms with van der Waals surface area (Å²) in [7, 11) is 0. The molecule has 2 unspecified atom stereocenters. The maximum Gasteiger partial charge on any atom is 0.191 e. The third-order valence-electron chi connectivity index (χ3n) is 5.97. The van der Waals surface area contributed by atoms with E-state index in [0.29, 0.717) is 19.2 Å². The zero-order chi connectivity index (χ0) is 19.7. The molecule has 0 amide bonds. The lowest BCUT2D eigenvalue weighted by Crippen LogP contribution is -2.43. The zero-order valence-corrected chi connectivity index (χ0v) is 17.2. The number of nitrogens with zero attached hydrogens (tertiary/aromatic N) is 2. The Morgan fingerprint density at radius 1 is 1.25 bits per heavy atom. The second kappa shape index (κ2) is 10.8. The molecule has 0 radical (unpaired) electrons. The van der Waals surface area contributed by atoms with E-state index in [1.165, 1.54) is 18.4 Å². The van der Waals surface area contributed by atoms with Gasteiger partial charge in [-0.25, -0.2) is 0 Å².